The lowest BCUT2D eigenvalue weighted by molar-refractivity contribution is 0.249. The van der Waals surface area contributed by atoms with E-state index in [1.54, 1.807) is 0 Å². The standard InChI is InChI=1S/C7H14N2S/c1-2-9-7(4-8-5-7)6-10-3-1/h8-9H,1-6H2. The van der Waals surface area contributed by atoms with Crippen molar-refractivity contribution < 1.29 is 0 Å². The van der Waals surface area contributed by atoms with Crippen LogP contribution in [0.25, 0.3) is 0 Å². The normalized spacial score (nSPS) is 31.2. The van der Waals surface area contributed by atoms with Crippen LogP contribution in [0, 0.1) is 0 Å². The van der Waals surface area contributed by atoms with Crippen molar-refractivity contribution in [2.75, 3.05) is 31.1 Å². The first-order valence-electron chi connectivity index (χ1n) is 3.95. The molecule has 0 atom stereocenters. The molecule has 0 aromatic carbocycles. The van der Waals surface area contributed by atoms with E-state index in [1.165, 1.54) is 37.6 Å². The Balaban J connectivity index is 1.92. The van der Waals surface area contributed by atoms with Gasteiger partial charge in [0.15, 0.2) is 0 Å². The lowest BCUT2D eigenvalue weighted by Crippen LogP contribution is -2.69. The van der Waals surface area contributed by atoms with Gasteiger partial charge in [-0.05, 0) is 18.7 Å². The molecule has 2 aliphatic rings. The van der Waals surface area contributed by atoms with Gasteiger partial charge in [-0.2, -0.15) is 11.8 Å². The summed E-state index contributed by atoms with van der Waals surface area (Å²) in [5.74, 6) is 2.65. The average Bonchev–Trinajstić information content (AvgIpc) is 2.08. The second kappa shape index (κ2) is 2.72. The minimum atomic E-state index is 0.487. The van der Waals surface area contributed by atoms with Gasteiger partial charge in [-0.25, -0.2) is 0 Å². The molecule has 0 amide bonds. The summed E-state index contributed by atoms with van der Waals surface area (Å²) in [5.41, 5.74) is 0.487. The van der Waals surface area contributed by atoms with Crippen LogP contribution < -0.4 is 10.6 Å². The number of thioether (sulfide) groups is 1. The molecule has 0 unspecified atom stereocenters. The van der Waals surface area contributed by atoms with Gasteiger partial charge >= 0.3 is 0 Å². The molecule has 0 saturated carbocycles. The summed E-state index contributed by atoms with van der Waals surface area (Å²) in [6.07, 6.45) is 1.34. The van der Waals surface area contributed by atoms with E-state index in [0.29, 0.717) is 5.54 Å². The third-order valence-corrected chi connectivity index (χ3v) is 3.60. The summed E-state index contributed by atoms with van der Waals surface area (Å²) < 4.78 is 0. The second-order valence-electron chi connectivity index (χ2n) is 3.22. The smallest absolute Gasteiger partial charge is 0.0523 e. The maximum absolute atomic E-state index is 3.61. The molecule has 2 heterocycles. The Morgan fingerprint density at radius 3 is 2.90 bits per heavy atom. The summed E-state index contributed by atoms with van der Waals surface area (Å²) in [4.78, 5) is 0. The van der Waals surface area contributed by atoms with E-state index in [9.17, 15) is 0 Å². The van der Waals surface area contributed by atoms with Crippen molar-refractivity contribution in [2.24, 2.45) is 0 Å². The van der Waals surface area contributed by atoms with Gasteiger partial charge in [-0.3, -0.25) is 0 Å². The Labute approximate surface area is 66.1 Å². The molecule has 2 saturated heterocycles. The first-order chi connectivity index (χ1) is 4.91. The number of hydrogen-bond donors (Lipinski definition) is 2. The molecule has 0 aromatic rings. The van der Waals surface area contributed by atoms with Crippen LogP contribution >= 0.6 is 11.8 Å². The molecule has 2 aliphatic heterocycles. The number of hydrogen-bond acceptors (Lipinski definition) is 3. The molecule has 2 fully saturated rings. The maximum Gasteiger partial charge on any atom is 0.0523 e. The van der Waals surface area contributed by atoms with Gasteiger partial charge in [0.05, 0.1) is 5.54 Å². The molecule has 0 aliphatic carbocycles. The van der Waals surface area contributed by atoms with E-state index < -0.39 is 0 Å². The van der Waals surface area contributed by atoms with E-state index in [1.807, 2.05) is 0 Å². The van der Waals surface area contributed by atoms with Crippen LogP contribution in [0.4, 0.5) is 0 Å². The second-order valence-corrected chi connectivity index (χ2v) is 4.32. The Kier molecular flexibility index (Phi) is 1.89. The fourth-order valence-corrected chi connectivity index (χ4v) is 2.69. The molecule has 1 spiro atoms. The molecular weight excluding hydrogens is 144 g/mol. The summed E-state index contributed by atoms with van der Waals surface area (Å²) in [5, 5.41) is 6.93. The lowest BCUT2D eigenvalue weighted by Gasteiger charge is -2.42. The topological polar surface area (TPSA) is 24.1 Å². The monoisotopic (exact) mass is 158 g/mol. The van der Waals surface area contributed by atoms with E-state index in [2.05, 4.69) is 22.4 Å². The average molecular weight is 158 g/mol. The van der Waals surface area contributed by atoms with Gasteiger partial charge in [0.2, 0.25) is 0 Å². The van der Waals surface area contributed by atoms with Crippen LogP contribution in [0.15, 0.2) is 0 Å². The predicted octanol–water partition coefficient (Wildman–Crippen LogP) is 0.0549. The molecule has 0 bridgehead atoms. The molecule has 58 valence electrons. The van der Waals surface area contributed by atoms with Crippen molar-refractivity contribution in [3.8, 4) is 0 Å². The Morgan fingerprint density at radius 2 is 2.20 bits per heavy atom. The van der Waals surface area contributed by atoms with Gasteiger partial charge in [0.25, 0.3) is 0 Å². The van der Waals surface area contributed by atoms with Crippen molar-refractivity contribution in [2.45, 2.75) is 12.0 Å². The van der Waals surface area contributed by atoms with Crippen molar-refractivity contribution >= 4 is 11.8 Å². The van der Waals surface area contributed by atoms with Crippen molar-refractivity contribution in [3.05, 3.63) is 0 Å². The highest BCUT2D eigenvalue weighted by Gasteiger charge is 2.36. The van der Waals surface area contributed by atoms with E-state index in [-0.39, 0.29) is 0 Å². The van der Waals surface area contributed by atoms with Crippen molar-refractivity contribution in [1.82, 2.24) is 10.6 Å². The molecule has 2 nitrogen and oxygen atoms in total. The van der Waals surface area contributed by atoms with Crippen molar-refractivity contribution in [3.63, 3.8) is 0 Å². The minimum absolute atomic E-state index is 0.487. The van der Waals surface area contributed by atoms with Crippen LogP contribution in [0.2, 0.25) is 0 Å². The van der Waals surface area contributed by atoms with Crippen LogP contribution in [-0.4, -0.2) is 36.7 Å². The first kappa shape index (κ1) is 6.95. The highest BCUT2D eigenvalue weighted by Crippen LogP contribution is 2.21. The zero-order valence-corrected chi connectivity index (χ0v) is 6.97. The SMILES string of the molecule is C1CNC2(CNC2)CSC1. The van der Waals surface area contributed by atoms with Gasteiger partial charge in [-0.1, -0.05) is 0 Å². The van der Waals surface area contributed by atoms with Crippen LogP contribution in [0.1, 0.15) is 6.42 Å². The quantitative estimate of drug-likeness (QED) is 0.521. The molecule has 2 N–H and O–H groups in total. The Bertz CT molecular complexity index is 113. The van der Waals surface area contributed by atoms with Gasteiger partial charge in [-0.15, -0.1) is 0 Å². The summed E-state index contributed by atoms with van der Waals surface area (Å²) >= 11 is 2.10. The zero-order valence-electron chi connectivity index (χ0n) is 6.15. The summed E-state index contributed by atoms with van der Waals surface area (Å²) in [6.45, 7) is 3.58. The molecule has 0 aromatic heterocycles. The highest BCUT2D eigenvalue weighted by molar-refractivity contribution is 7.99. The van der Waals surface area contributed by atoms with E-state index in [4.69, 9.17) is 0 Å². The maximum atomic E-state index is 3.61. The fraction of sp³-hybridized carbons (Fsp3) is 1.00. The Hall–Kier alpha value is 0.270. The van der Waals surface area contributed by atoms with E-state index >= 15 is 0 Å². The number of nitrogens with one attached hydrogen (secondary N) is 2. The zero-order chi connectivity index (χ0) is 6.86. The molecular formula is C7H14N2S. The minimum Gasteiger partial charge on any atom is -0.313 e. The van der Waals surface area contributed by atoms with Crippen LogP contribution in [0.5, 0.6) is 0 Å². The summed E-state index contributed by atoms with van der Waals surface area (Å²) in [6, 6.07) is 0. The van der Waals surface area contributed by atoms with Crippen molar-refractivity contribution in [1.29, 1.82) is 0 Å². The summed E-state index contributed by atoms with van der Waals surface area (Å²) in [7, 11) is 0. The van der Waals surface area contributed by atoms with Crippen LogP contribution in [-0.2, 0) is 0 Å². The Morgan fingerprint density at radius 1 is 1.30 bits per heavy atom. The third-order valence-electron chi connectivity index (χ3n) is 2.27. The number of rotatable bonds is 0. The highest BCUT2D eigenvalue weighted by atomic mass is 32.2. The largest absolute Gasteiger partial charge is 0.313 e. The fourth-order valence-electron chi connectivity index (χ4n) is 1.50. The third kappa shape index (κ3) is 1.18. The lowest BCUT2D eigenvalue weighted by atomic mass is 9.95. The molecule has 0 radical (unpaired) electrons. The van der Waals surface area contributed by atoms with Gasteiger partial charge in [0.1, 0.15) is 0 Å². The van der Waals surface area contributed by atoms with Gasteiger partial charge < -0.3 is 10.6 Å². The molecule has 2 rings (SSSR count). The van der Waals surface area contributed by atoms with Gasteiger partial charge in [0, 0.05) is 18.8 Å². The molecule has 3 heteroatoms. The molecule has 10 heavy (non-hydrogen) atoms. The first-order valence-corrected chi connectivity index (χ1v) is 5.10. The predicted molar refractivity (Wildman–Crippen MR) is 45.5 cm³/mol. The van der Waals surface area contributed by atoms with E-state index in [0.717, 1.165) is 0 Å². The van der Waals surface area contributed by atoms with Crippen LogP contribution in [0.3, 0.4) is 0 Å².